The summed E-state index contributed by atoms with van der Waals surface area (Å²) in [6.45, 7) is 3.98. The minimum Gasteiger partial charge on any atom is -0.469 e. The Morgan fingerprint density at radius 3 is 2.57 bits per heavy atom. The second kappa shape index (κ2) is 11.0. The Morgan fingerprint density at radius 1 is 1.29 bits per heavy atom. The number of methoxy groups -OCH3 is 1. The number of carbonyl (C=O) groups is 1. The van der Waals surface area contributed by atoms with Gasteiger partial charge in [-0.2, -0.15) is 0 Å². The van der Waals surface area contributed by atoms with Crippen molar-refractivity contribution in [3.05, 3.63) is 47.5 Å². The molecule has 1 aliphatic carbocycles. The van der Waals surface area contributed by atoms with Crippen LogP contribution in [0.5, 0.6) is 0 Å². The van der Waals surface area contributed by atoms with Crippen LogP contribution in [0.2, 0.25) is 0 Å². The van der Waals surface area contributed by atoms with Gasteiger partial charge in [-0.05, 0) is 48.6 Å². The third kappa shape index (κ3) is 6.07. The molecule has 0 aromatic heterocycles. The lowest BCUT2D eigenvalue weighted by molar-refractivity contribution is -0.140. The van der Waals surface area contributed by atoms with Crippen LogP contribution in [0.4, 0.5) is 0 Å². The molecule has 156 valence electrons. The van der Waals surface area contributed by atoms with Gasteiger partial charge in [-0.25, -0.2) is 0 Å². The maximum Gasteiger partial charge on any atom is 0.305 e. The van der Waals surface area contributed by atoms with Gasteiger partial charge in [0, 0.05) is 17.7 Å². The van der Waals surface area contributed by atoms with E-state index >= 15 is 0 Å². The van der Waals surface area contributed by atoms with Gasteiger partial charge in [-0.1, -0.05) is 50.3 Å². The van der Waals surface area contributed by atoms with E-state index in [0.29, 0.717) is 12.8 Å². The van der Waals surface area contributed by atoms with Crippen molar-refractivity contribution in [3.8, 4) is 0 Å². The van der Waals surface area contributed by atoms with Crippen molar-refractivity contribution in [2.24, 2.45) is 11.8 Å². The molecule has 0 spiro atoms. The number of aliphatic hydroxyl groups is 2. The first-order valence-corrected chi connectivity index (χ1v) is 10.6. The van der Waals surface area contributed by atoms with E-state index in [1.54, 1.807) is 0 Å². The number of alkyl halides is 1. The molecule has 1 aliphatic rings. The first kappa shape index (κ1) is 22.9. The van der Waals surface area contributed by atoms with E-state index in [0.717, 1.165) is 30.4 Å². The molecule has 28 heavy (non-hydrogen) atoms. The summed E-state index contributed by atoms with van der Waals surface area (Å²) in [7, 11) is 1.40. The number of ether oxygens (including phenoxy) is 1. The van der Waals surface area contributed by atoms with Gasteiger partial charge in [0.25, 0.3) is 0 Å². The zero-order valence-corrected chi connectivity index (χ0v) is 17.8. The maximum absolute atomic E-state index is 11.1. The van der Waals surface area contributed by atoms with Crippen LogP contribution in [0, 0.1) is 11.8 Å². The minimum atomic E-state index is -0.480. The van der Waals surface area contributed by atoms with E-state index < -0.39 is 12.2 Å². The molecule has 1 aromatic rings. The molecule has 1 aromatic carbocycles. The van der Waals surface area contributed by atoms with Gasteiger partial charge < -0.3 is 14.9 Å². The molecule has 0 heterocycles. The standard InChI is InChI=1S/C23H33ClO4/c1-15(2)23(27)17-12-10-16(11-13-17)22-18(19(24)14-20(22)25)8-6-4-5-7-9-21(26)28-3/h4,6,10-13,15,18-20,22-23,25,27H,5,7-9,14H2,1-3H3/b6-4-/t18-,19+,20?,22?,23?/m0/s1. The Kier molecular flexibility index (Phi) is 9.00. The third-order valence-electron chi connectivity index (χ3n) is 5.66. The number of unbranched alkanes of at least 4 members (excludes halogenated alkanes) is 1. The zero-order chi connectivity index (χ0) is 20.7. The fraction of sp³-hybridized carbons (Fsp3) is 0.609. The summed E-state index contributed by atoms with van der Waals surface area (Å²) in [5.74, 6) is 0.133. The lowest BCUT2D eigenvalue weighted by atomic mass is 9.84. The molecule has 0 saturated heterocycles. The number of carbonyl (C=O) groups excluding carboxylic acids is 1. The molecule has 0 amide bonds. The number of esters is 1. The normalized spacial score (nSPS) is 26.1. The van der Waals surface area contributed by atoms with E-state index in [2.05, 4.69) is 16.9 Å². The number of aliphatic hydroxyl groups excluding tert-OH is 2. The number of halogens is 1. The highest BCUT2D eigenvalue weighted by Gasteiger charge is 2.41. The smallest absolute Gasteiger partial charge is 0.305 e. The lowest BCUT2D eigenvalue weighted by Crippen LogP contribution is -2.18. The second-order valence-corrected chi connectivity index (χ2v) is 8.60. The highest BCUT2D eigenvalue weighted by molar-refractivity contribution is 6.21. The monoisotopic (exact) mass is 408 g/mol. The average Bonchev–Trinajstić information content (AvgIpc) is 2.96. The lowest BCUT2D eigenvalue weighted by Gasteiger charge is -2.24. The van der Waals surface area contributed by atoms with Crippen LogP contribution in [0.15, 0.2) is 36.4 Å². The van der Waals surface area contributed by atoms with Crippen LogP contribution in [0.1, 0.15) is 69.1 Å². The van der Waals surface area contributed by atoms with E-state index in [1.165, 1.54) is 7.11 Å². The van der Waals surface area contributed by atoms with Crippen LogP contribution in [0.3, 0.4) is 0 Å². The molecule has 1 fully saturated rings. The summed E-state index contributed by atoms with van der Waals surface area (Å²) >= 11 is 6.55. The van der Waals surface area contributed by atoms with Gasteiger partial charge in [0.2, 0.25) is 0 Å². The van der Waals surface area contributed by atoms with Gasteiger partial charge in [0.1, 0.15) is 0 Å². The van der Waals surface area contributed by atoms with Crippen molar-refractivity contribution in [3.63, 3.8) is 0 Å². The fourth-order valence-electron chi connectivity index (χ4n) is 3.96. The Balaban J connectivity index is 1.98. The summed E-state index contributed by atoms with van der Waals surface area (Å²) in [5.41, 5.74) is 1.97. The fourth-order valence-corrected chi connectivity index (χ4v) is 4.41. The van der Waals surface area contributed by atoms with Crippen molar-refractivity contribution in [1.82, 2.24) is 0 Å². The molecule has 5 heteroatoms. The first-order chi connectivity index (χ1) is 13.3. The summed E-state index contributed by atoms with van der Waals surface area (Å²) in [5, 5.41) is 20.7. The van der Waals surface area contributed by atoms with Gasteiger partial charge in [0.15, 0.2) is 0 Å². The number of allylic oxidation sites excluding steroid dienone is 2. The Morgan fingerprint density at radius 2 is 1.96 bits per heavy atom. The number of rotatable bonds is 9. The number of hydrogen-bond acceptors (Lipinski definition) is 4. The maximum atomic E-state index is 11.1. The van der Waals surface area contributed by atoms with Gasteiger partial charge in [-0.15, -0.1) is 11.6 Å². The van der Waals surface area contributed by atoms with Gasteiger partial charge in [-0.3, -0.25) is 4.79 Å². The van der Waals surface area contributed by atoms with Crippen LogP contribution < -0.4 is 0 Å². The Labute approximate surface area is 173 Å². The summed E-state index contributed by atoms with van der Waals surface area (Å²) in [6, 6.07) is 7.93. The predicted octanol–water partition coefficient (Wildman–Crippen LogP) is 4.74. The van der Waals surface area contributed by atoms with Crippen molar-refractivity contribution in [2.75, 3.05) is 7.11 Å². The van der Waals surface area contributed by atoms with Crippen molar-refractivity contribution in [2.45, 2.75) is 69.5 Å². The van der Waals surface area contributed by atoms with Gasteiger partial charge >= 0.3 is 5.97 Å². The Hall–Kier alpha value is -1.36. The quantitative estimate of drug-likeness (QED) is 0.268. The predicted molar refractivity (Wildman–Crippen MR) is 112 cm³/mol. The summed E-state index contributed by atoms with van der Waals surface area (Å²) in [4.78, 5) is 11.1. The van der Waals surface area contributed by atoms with Crippen LogP contribution in [-0.2, 0) is 9.53 Å². The summed E-state index contributed by atoms with van der Waals surface area (Å²) < 4.78 is 4.64. The molecule has 2 N–H and O–H groups in total. The molecule has 0 radical (unpaired) electrons. The van der Waals surface area contributed by atoms with Crippen LogP contribution in [0.25, 0.3) is 0 Å². The molecule has 4 nitrogen and oxygen atoms in total. The SMILES string of the molecule is COC(=O)CCC/C=C\C[C@@H]1C(c2ccc(C(O)C(C)C)cc2)C(O)C[C@H]1Cl. The van der Waals surface area contributed by atoms with Gasteiger partial charge in [0.05, 0.1) is 19.3 Å². The molecule has 5 atom stereocenters. The number of hydrogen-bond donors (Lipinski definition) is 2. The average molecular weight is 409 g/mol. The molecule has 2 rings (SSSR count). The topological polar surface area (TPSA) is 66.8 Å². The molecular formula is C23H33ClO4. The Bertz CT molecular complexity index is 641. The second-order valence-electron chi connectivity index (χ2n) is 8.04. The third-order valence-corrected chi connectivity index (χ3v) is 6.16. The molecule has 3 unspecified atom stereocenters. The molecule has 0 bridgehead atoms. The van der Waals surface area contributed by atoms with E-state index in [-0.39, 0.29) is 29.1 Å². The van der Waals surface area contributed by atoms with Crippen LogP contribution in [-0.4, -0.2) is 34.8 Å². The molecule has 0 aliphatic heterocycles. The minimum absolute atomic E-state index is 0.00698. The summed E-state index contributed by atoms with van der Waals surface area (Å²) in [6.07, 6.45) is 6.66. The van der Waals surface area contributed by atoms with Crippen molar-refractivity contribution in [1.29, 1.82) is 0 Å². The first-order valence-electron chi connectivity index (χ1n) is 10.2. The van der Waals surface area contributed by atoms with E-state index in [9.17, 15) is 15.0 Å². The molecular weight excluding hydrogens is 376 g/mol. The van der Waals surface area contributed by atoms with E-state index in [1.807, 2.05) is 38.1 Å². The highest BCUT2D eigenvalue weighted by atomic mass is 35.5. The molecule has 1 saturated carbocycles. The largest absolute Gasteiger partial charge is 0.469 e. The van der Waals surface area contributed by atoms with Crippen molar-refractivity contribution >= 4 is 17.6 Å². The van der Waals surface area contributed by atoms with Crippen molar-refractivity contribution < 1.29 is 19.7 Å². The zero-order valence-electron chi connectivity index (χ0n) is 17.1. The highest BCUT2D eigenvalue weighted by Crippen LogP contribution is 2.45. The van der Waals surface area contributed by atoms with E-state index in [4.69, 9.17) is 11.6 Å². The number of benzene rings is 1. The van der Waals surface area contributed by atoms with Crippen LogP contribution >= 0.6 is 11.6 Å².